The summed E-state index contributed by atoms with van der Waals surface area (Å²) in [6.45, 7) is 3.71. The standard InChI is InChI=1S/C3H7.Hf.4H2N/c1-3-2;;;;;/h3H,1-2H3;;4*1H2/q;+4;4*-1. The van der Waals surface area contributed by atoms with E-state index >= 15 is 0 Å². The number of nitrogens with two attached hydrogens (primary N) is 4. The summed E-state index contributed by atoms with van der Waals surface area (Å²) in [6, 6.07) is 0. The summed E-state index contributed by atoms with van der Waals surface area (Å²) in [5.74, 6) is 0. The van der Waals surface area contributed by atoms with Crippen LogP contribution < -0.4 is 14.9 Å². The maximum absolute atomic E-state index is 5.47. The van der Waals surface area contributed by atoms with Gasteiger partial charge in [0.2, 0.25) is 0 Å². The molecule has 0 fully saturated rings. The molecule has 0 spiro atoms. The van der Waals surface area contributed by atoms with Crippen LogP contribution in [0.15, 0.2) is 0 Å². The average molecular weight is 286 g/mol. The number of hydrogen-bond donors (Lipinski definition) is 4. The summed E-state index contributed by atoms with van der Waals surface area (Å²) in [5.41, 5.74) is 0. The van der Waals surface area contributed by atoms with Gasteiger partial charge in [-0.15, -0.1) is 0 Å². The van der Waals surface area contributed by atoms with Crippen LogP contribution in [-0.2, 0) is 19.7 Å². The zero-order chi connectivity index (χ0) is 7.02. The molecule has 0 radical (unpaired) electrons. The second-order valence-corrected chi connectivity index (χ2v) is 18.9. The van der Waals surface area contributed by atoms with Crippen molar-refractivity contribution in [1.82, 2.24) is 0 Å². The number of hydrogen-bond acceptors (Lipinski definition) is 4. The Morgan fingerprint density at radius 1 is 1.00 bits per heavy atom. The molecule has 0 saturated carbocycles. The molecule has 0 bridgehead atoms. The summed E-state index contributed by atoms with van der Waals surface area (Å²) >= 11 is -4.06. The van der Waals surface area contributed by atoms with Crippen LogP contribution in [0.1, 0.15) is 13.8 Å². The van der Waals surface area contributed by atoms with Crippen LogP contribution in [0, 0.1) is 0 Å². The molecule has 0 saturated heterocycles. The third kappa shape index (κ3) is 2.88. The Morgan fingerprint density at radius 3 is 1.12 bits per heavy atom. The van der Waals surface area contributed by atoms with E-state index < -0.39 is 19.7 Å². The molecular formula is C3H15HfN4. The Morgan fingerprint density at radius 2 is 1.12 bits per heavy atom. The zero-order valence-electron chi connectivity index (χ0n) is 5.39. The predicted octanol–water partition coefficient (Wildman–Crippen LogP) is -1.00. The van der Waals surface area contributed by atoms with Crippen molar-refractivity contribution in [3.63, 3.8) is 0 Å². The SMILES string of the molecule is C[CH](C)[Hf]([NH2])([NH2])([NH2])[NH2]. The van der Waals surface area contributed by atoms with Crippen molar-refractivity contribution in [2.24, 2.45) is 14.9 Å². The average Bonchev–Trinajstić information content (AvgIpc) is 1.27. The fourth-order valence-corrected chi connectivity index (χ4v) is 0. The van der Waals surface area contributed by atoms with Crippen molar-refractivity contribution >= 4 is 0 Å². The van der Waals surface area contributed by atoms with Gasteiger partial charge in [-0.1, -0.05) is 0 Å². The Balaban J connectivity index is 4.14. The van der Waals surface area contributed by atoms with E-state index in [0.29, 0.717) is 0 Å². The van der Waals surface area contributed by atoms with Crippen molar-refractivity contribution in [3.8, 4) is 0 Å². The topological polar surface area (TPSA) is 104 Å². The van der Waals surface area contributed by atoms with Gasteiger partial charge in [0.05, 0.1) is 0 Å². The minimum atomic E-state index is -4.06. The third-order valence-corrected chi connectivity index (χ3v) is 10.9. The summed E-state index contributed by atoms with van der Waals surface area (Å²) in [6.07, 6.45) is 0. The van der Waals surface area contributed by atoms with Crippen LogP contribution >= 0.6 is 0 Å². The van der Waals surface area contributed by atoms with Gasteiger partial charge in [0.25, 0.3) is 0 Å². The molecule has 5 heteroatoms. The van der Waals surface area contributed by atoms with E-state index in [1.54, 1.807) is 0 Å². The normalized spacial score (nSPS) is 18.1. The van der Waals surface area contributed by atoms with E-state index in [0.717, 1.165) is 0 Å². The molecule has 0 aliphatic rings. The Hall–Kier alpha value is 0.710. The summed E-state index contributed by atoms with van der Waals surface area (Å²) in [7, 11) is 0. The van der Waals surface area contributed by atoms with E-state index in [9.17, 15) is 0 Å². The van der Waals surface area contributed by atoms with E-state index in [1.807, 2.05) is 13.8 Å². The first-order chi connectivity index (χ1) is 3.20. The first-order valence-electron chi connectivity index (χ1n) is 2.60. The summed E-state index contributed by atoms with van der Waals surface area (Å²) < 4.78 is 22.0. The van der Waals surface area contributed by atoms with Crippen molar-refractivity contribution in [3.05, 3.63) is 0 Å². The van der Waals surface area contributed by atoms with Crippen LogP contribution in [0.25, 0.3) is 0 Å². The zero-order valence-corrected chi connectivity index (χ0v) is 8.98. The first kappa shape index (κ1) is 8.71. The van der Waals surface area contributed by atoms with Crippen LogP contribution in [-0.4, -0.2) is 0 Å². The summed E-state index contributed by atoms with van der Waals surface area (Å²) in [4.78, 5) is 0. The Kier molecular flexibility index (Phi) is 2.01. The van der Waals surface area contributed by atoms with Crippen LogP contribution in [0.2, 0.25) is 3.67 Å². The quantitative estimate of drug-likeness (QED) is 0.464. The molecule has 4 nitrogen and oxygen atoms in total. The maximum atomic E-state index is 5.47. The molecule has 0 unspecified atom stereocenters. The molecule has 0 aliphatic carbocycles. The van der Waals surface area contributed by atoms with Gasteiger partial charge in [-0.05, 0) is 0 Å². The third-order valence-electron chi connectivity index (χ3n) is 1.33. The van der Waals surface area contributed by atoms with Gasteiger partial charge < -0.3 is 0 Å². The molecule has 51 valence electrons. The minimum absolute atomic E-state index is 0.0759. The molecule has 0 amide bonds. The fraction of sp³-hybridized carbons (Fsp3) is 1.00. The molecule has 0 heterocycles. The van der Waals surface area contributed by atoms with E-state index in [4.69, 9.17) is 14.9 Å². The van der Waals surface area contributed by atoms with E-state index in [1.165, 1.54) is 0 Å². The van der Waals surface area contributed by atoms with Crippen LogP contribution in [0.5, 0.6) is 0 Å². The first-order valence-corrected chi connectivity index (χ1v) is 13.0. The van der Waals surface area contributed by atoms with E-state index in [-0.39, 0.29) is 3.67 Å². The molecule has 0 rings (SSSR count). The Bertz CT molecular complexity index is 81.9. The molecule has 8 heavy (non-hydrogen) atoms. The van der Waals surface area contributed by atoms with Gasteiger partial charge in [-0.3, -0.25) is 0 Å². The molecule has 8 N–H and O–H groups in total. The predicted molar refractivity (Wildman–Crippen MR) is 31.8 cm³/mol. The van der Waals surface area contributed by atoms with Crippen LogP contribution in [0.4, 0.5) is 0 Å². The van der Waals surface area contributed by atoms with E-state index in [2.05, 4.69) is 0 Å². The van der Waals surface area contributed by atoms with Gasteiger partial charge in [-0.25, -0.2) is 0 Å². The van der Waals surface area contributed by atoms with Crippen molar-refractivity contribution in [1.29, 1.82) is 0 Å². The van der Waals surface area contributed by atoms with Gasteiger partial charge in [-0.2, -0.15) is 0 Å². The van der Waals surface area contributed by atoms with Gasteiger partial charge in [0.1, 0.15) is 0 Å². The molecule has 0 atom stereocenters. The molecule has 0 aromatic rings. The van der Waals surface area contributed by atoms with Crippen molar-refractivity contribution in [2.45, 2.75) is 17.5 Å². The van der Waals surface area contributed by atoms with Crippen molar-refractivity contribution in [2.75, 3.05) is 0 Å². The monoisotopic (exact) mass is 287 g/mol. The summed E-state index contributed by atoms with van der Waals surface area (Å²) in [5, 5.41) is 0. The van der Waals surface area contributed by atoms with Crippen LogP contribution in [0.3, 0.4) is 0 Å². The second kappa shape index (κ2) is 1.85. The fourth-order valence-electron chi connectivity index (χ4n) is 0. The second-order valence-electron chi connectivity index (χ2n) is 2.82. The number of rotatable bonds is 1. The molecule has 0 aromatic heterocycles. The van der Waals surface area contributed by atoms with Gasteiger partial charge >= 0.3 is 52.1 Å². The van der Waals surface area contributed by atoms with Crippen molar-refractivity contribution < 1.29 is 19.7 Å². The van der Waals surface area contributed by atoms with Gasteiger partial charge in [0.15, 0.2) is 0 Å². The molecule has 0 aliphatic heterocycles. The van der Waals surface area contributed by atoms with Gasteiger partial charge in [0, 0.05) is 0 Å². The molecular weight excluding hydrogens is 271 g/mol. The molecule has 0 aromatic carbocycles. The Labute approximate surface area is 52.3 Å².